The zero-order chi connectivity index (χ0) is 11.5. The highest BCUT2D eigenvalue weighted by molar-refractivity contribution is 9.10. The van der Waals surface area contributed by atoms with Gasteiger partial charge in [-0.3, -0.25) is 4.90 Å². The smallest absolute Gasteiger partial charge is 0.0454 e. The highest BCUT2D eigenvalue weighted by atomic mass is 79.9. The van der Waals surface area contributed by atoms with Crippen LogP contribution in [0, 0.1) is 0 Å². The van der Waals surface area contributed by atoms with Crippen molar-refractivity contribution in [3.63, 3.8) is 0 Å². The summed E-state index contributed by atoms with van der Waals surface area (Å²) in [6, 6.07) is 6.44. The van der Waals surface area contributed by atoms with Gasteiger partial charge in [0, 0.05) is 41.7 Å². The highest BCUT2D eigenvalue weighted by Crippen LogP contribution is 2.29. The third-order valence-electron chi connectivity index (χ3n) is 3.11. The van der Waals surface area contributed by atoms with Gasteiger partial charge in [-0.1, -0.05) is 27.5 Å². The molecule has 1 aliphatic rings. The van der Waals surface area contributed by atoms with Crippen LogP contribution in [0.3, 0.4) is 0 Å². The van der Waals surface area contributed by atoms with Crippen LogP contribution in [0.2, 0.25) is 5.02 Å². The number of rotatable bonds is 2. The van der Waals surface area contributed by atoms with Crippen molar-refractivity contribution >= 4 is 27.5 Å². The summed E-state index contributed by atoms with van der Waals surface area (Å²) in [5, 5.41) is 4.22. The number of nitrogens with one attached hydrogen (secondary N) is 1. The molecule has 1 aromatic rings. The fourth-order valence-electron chi connectivity index (χ4n) is 2.10. The fraction of sp³-hybridized carbons (Fsp3) is 0.500. The topological polar surface area (TPSA) is 15.3 Å². The minimum Gasteiger partial charge on any atom is -0.314 e. The van der Waals surface area contributed by atoms with Gasteiger partial charge in [-0.2, -0.15) is 0 Å². The van der Waals surface area contributed by atoms with Crippen molar-refractivity contribution in [2.45, 2.75) is 13.0 Å². The van der Waals surface area contributed by atoms with E-state index in [0.717, 1.165) is 35.7 Å². The maximum Gasteiger partial charge on any atom is 0.0454 e. The van der Waals surface area contributed by atoms with Gasteiger partial charge in [-0.05, 0) is 30.7 Å². The summed E-state index contributed by atoms with van der Waals surface area (Å²) in [6.07, 6.45) is 0. The van der Waals surface area contributed by atoms with E-state index in [4.69, 9.17) is 11.6 Å². The average molecular weight is 304 g/mol. The molecular weight excluding hydrogens is 288 g/mol. The number of nitrogens with zero attached hydrogens (tertiary/aromatic N) is 1. The van der Waals surface area contributed by atoms with Gasteiger partial charge in [0.1, 0.15) is 0 Å². The molecule has 1 aliphatic heterocycles. The van der Waals surface area contributed by atoms with Crippen LogP contribution in [0.25, 0.3) is 0 Å². The average Bonchev–Trinajstić information content (AvgIpc) is 2.32. The van der Waals surface area contributed by atoms with Gasteiger partial charge in [-0.15, -0.1) is 0 Å². The van der Waals surface area contributed by atoms with Gasteiger partial charge in [-0.25, -0.2) is 0 Å². The van der Waals surface area contributed by atoms with Crippen molar-refractivity contribution in [1.29, 1.82) is 0 Å². The molecule has 0 radical (unpaired) electrons. The molecule has 1 heterocycles. The Kier molecular flexibility index (Phi) is 4.25. The molecule has 2 nitrogen and oxygen atoms in total. The van der Waals surface area contributed by atoms with E-state index in [1.54, 1.807) is 0 Å². The highest BCUT2D eigenvalue weighted by Gasteiger charge is 2.19. The molecule has 1 aromatic carbocycles. The second-order valence-electron chi connectivity index (χ2n) is 4.13. The minimum absolute atomic E-state index is 0.382. The van der Waals surface area contributed by atoms with Gasteiger partial charge in [0.2, 0.25) is 0 Å². The number of benzene rings is 1. The Morgan fingerprint density at radius 3 is 2.75 bits per heavy atom. The van der Waals surface area contributed by atoms with Crippen LogP contribution in [-0.2, 0) is 0 Å². The van der Waals surface area contributed by atoms with Crippen LogP contribution in [0.15, 0.2) is 22.7 Å². The lowest BCUT2D eigenvalue weighted by atomic mass is 10.1. The van der Waals surface area contributed by atoms with Crippen molar-refractivity contribution in [1.82, 2.24) is 10.2 Å². The Morgan fingerprint density at radius 2 is 2.06 bits per heavy atom. The predicted octanol–water partition coefficient (Wildman–Crippen LogP) is 3.07. The van der Waals surface area contributed by atoms with E-state index >= 15 is 0 Å². The molecule has 1 fully saturated rings. The molecule has 1 atom stereocenters. The first-order valence-corrected chi connectivity index (χ1v) is 6.75. The van der Waals surface area contributed by atoms with Crippen molar-refractivity contribution in [2.75, 3.05) is 26.2 Å². The van der Waals surface area contributed by atoms with Crippen molar-refractivity contribution in [3.05, 3.63) is 33.3 Å². The van der Waals surface area contributed by atoms with Crippen LogP contribution in [-0.4, -0.2) is 31.1 Å². The molecule has 4 heteroatoms. The first-order chi connectivity index (χ1) is 7.68. The molecule has 0 bridgehead atoms. The molecule has 0 aliphatic carbocycles. The summed E-state index contributed by atoms with van der Waals surface area (Å²) in [5.74, 6) is 0. The number of halogens is 2. The maximum absolute atomic E-state index is 6.25. The molecule has 0 unspecified atom stereocenters. The monoisotopic (exact) mass is 302 g/mol. The van der Waals surface area contributed by atoms with Crippen LogP contribution in [0.4, 0.5) is 0 Å². The molecule has 16 heavy (non-hydrogen) atoms. The van der Waals surface area contributed by atoms with Gasteiger partial charge in [0.25, 0.3) is 0 Å². The second kappa shape index (κ2) is 5.50. The number of piperazine rings is 1. The predicted molar refractivity (Wildman–Crippen MR) is 72.0 cm³/mol. The molecule has 1 saturated heterocycles. The van der Waals surface area contributed by atoms with E-state index < -0.39 is 0 Å². The summed E-state index contributed by atoms with van der Waals surface area (Å²) in [7, 11) is 0. The summed E-state index contributed by atoms with van der Waals surface area (Å²) < 4.78 is 1.09. The fourth-order valence-corrected chi connectivity index (χ4v) is 2.76. The summed E-state index contributed by atoms with van der Waals surface area (Å²) in [5.41, 5.74) is 1.21. The molecule has 0 spiro atoms. The van der Waals surface area contributed by atoms with Gasteiger partial charge in [0.05, 0.1) is 0 Å². The molecule has 2 rings (SSSR count). The van der Waals surface area contributed by atoms with E-state index in [9.17, 15) is 0 Å². The van der Waals surface area contributed by atoms with Crippen molar-refractivity contribution < 1.29 is 0 Å². The molecule has 0 aromatic heterocycles. The van der Waals surface area contributed by atoms with Crippen LogP contribution >= 0.6 is 27.5 Å². The zero-order valence-electron chi connectivity index (χ0n) is 9.34. The first kappa shape index (κ1) is 12.4. The normalized spacial score (nSPS) is 19.7. The quantitative estimate of drug-likeness (QED) is 0.903. The molecular formula is C12H16BrClN2. The Labute approximate surface area is 110 Å². The second-order valence-corrected chi connectivity index (χ2v) is 5.45. The van der Waals surface area contributed by atoms with Crippen molar-refractivity contribution in [2.24, 2.45) is 0 Å². The lowest BCUT2D eigenvalue weighted by Crippen LogP contribution is -2.44. The van der Waals surface area contributed by atoms with Crippen LogP contribution in [0.5, 0.6) is 0 Å². The zero-order valence-corrected chi connectivity index (χ0v) is 11.7. The summed E-state index contributed by atoms with van der Waals surface area (Å²) in [4.78, 5) is 2.46. The van der Waals surface area contributed by atoms with Gasteiger partial charge in [0.15, 0.2) is 0 Å². The summed E-state index contributed by atoms with van der Waals surface area (Å²) in [6.45, 7) is 6.53. The lowest BCUT2D eigenvalue weighted by molar-refractivity contribution is 0.185. The molecule has 0 saturated carbocycles. The van der Waals surface area contributed by atoms with Crippen LogP contribution < -0.4 is 5.32 Å². The van der Waals surface area contributed by atoms with E-state index in [0.29, 0.717) is 6.04 Å². The lowest BCUT2D eigenvalue weighted by Gasteiger charge is -2.33. The first-order valence-electron chi connectivity index (χ1n) is 5.58. The Morgan fingerprint density at radius 1 is 1.38 bits per heavy atom. The van der Waals surface area contributed by atoms with E-state index in [1.165, 1.54) is 5.56 Å². The van der Waals surface area contributed by atoms with Crippen LogP contribution in [0.1, 0.15) is 18.5 Å². The molecule has 1 N–H and O–H groups in total. The molecule has 88 valence electrons. The summed E-state index contributed by atoms with van der Waals surface area (Å²) >= 11 is 9.75. The third-order valence-corrected chi connectivity index (χ3v) is 3.94. The van der Waals surface area contributed by atoms with E-state index in [1.807, 2.05) is 12.1 Å². The number of hydrogen-bond acceptors (Lipinski definition) is 2. The van der Waals surface area contributed by atoms with Crippen molar-refractivity contribution in [3.8, 4) is 0 Å². The van der Waals surface area contributed by atoms with E-state index in [-0.39, 0.29) is 0 Å². The standard InChI is InChI=1S/C12H16BrClN2/c1-9(16-6-4-15-5-7-16)11-8-10(13)2-3-12(11)14/h2-3,8-9,15H,4-7H2,1H3/t9-/m0/s1. The SMILES string of the molecule is C[C@@H](c1cc(Br)ccc1Cl)N1CCNCC1. The Hall–Kier alpha value is -0.0900. The number of hydrogen-bond donors (Lipinski definition) is 1. The van der Waals surface area contributed by atoms with E-state index in [2.05, 4.69) is 39.1 Å². The maximum atomic E-state index is 6.25. The Bertz CT molecular complexity index is 364. The minimum atomic E-state index is 0.382. The van der Waals surface area contributed by atoms with Gasteiger partial charge >= 0.3 is 0 Å². The third kappa shape index (κ3) is 2.77. The van der Waals surface area contributed by atoms with Gasteiger partial charge < -0.3 is 5.32 Å². The molecule has 0 amide bonds. The Balaban J connectivity index is 2.18. The largest absolute Gasteiger partial charge is 0.314 e.